The lowest BCUT2D eigenvalue weighted by molar-refractivity contribution is 0.378. The molecule has 1 N–H and O–H groups in total. The van der Waals surface area contributed by atoms with E-state index in [0.717, 1.165) is 17.2 Å². The van der Waals surface area contributed by atoms with Crippen LogP contribution in [0.25, 0.3) is 0 Å². The van der Waals surface area contributed by atoms with Gasteiger partial charge in [0.25, 0.3) is 0 Å². The Hall–Kier alpha value is 0.310. The van der Waals surface area contributed by atoms with Crippen molar-refractivity contribution in [3.8, 4) is 0 Å². The Labute approximate surface area is 99.8 Å². The first-order valence-electron chi connectivity index (χ1n) is 6.60. The van der Waals surface area contributed by atoms with E-state index < -0.39 is 0 Å². The second-order valence-electron chi connectivity index (χ2n) is 4.71. The highest BCUT2D eigenvalue weighted by Crippen LogP contribution is 2.31. The van der Waals surface area contributed by atoms with Crippen LogP contribution < -0.4 is 5.32 Å². The van der Waals surface area contributed by atoms with Gasteiger partial charge in [-0.05, 0) is 25.8 Å². The number of hydrogen-bond donors (Lipinski definition) is 1. The summed E-state index contributed by atoms with van der Waals surface area (Å²) in [7, 11) is 2.12. The van der Waals surface area contributed by atoms with E-state index in [4.69, 9.17) is 0 Å². The van der Waals surface area contributed by atoms with Crippen LogP contribution in [0.15, 0.2) is 0 Å². The normalized spacial score (nSPS) is 20.0. The van der Waals surface area contributed by atoms with E-state index in [2.05, 4.69) is 38.0 Å². The summed E-state index contributed by atoms with van der Waals surface area (Å²) < 4.78 is 0. The van der Waals surface area contributed by atoms with E-state index in [9.17, 15) is 0 Å². The first-order valence-corrected chi connectivity index (χ1v) is 7.65. The van der Waals surface area contributed by atoms with Gasteiger partial charge in [0.05, 0.1) is 0 Å². The lowest BCUT2D eigenvalue weighted by atomic mass is 9.96. The lowest BCUT2D eigenvalue weighted by Crippen LogP contribution is -2.35. The van der Waals surface area contributed by atoms with Gasteiger partial charge in [-0.3, -0.25) is 0 Å². The maximum absolute atomic E-state index is 3.51. The van der Waals surface area contributed by atoms with Gasteiger partial charge in [0.1, 0.15) is 0 Å². The Morgan fingerprint density at radius 2 is 1.80 bits per heavy atom. The molecule has 90 valence electrons. The number of thioether (sulfide) groups is 1. The number of rotatable bonds is 7. The summed E-state index contributed by atoms with van der Waals surface area (Å²) >= 11 is 2.21. The minimum Gasteiger partial charge on any atom is -0.316 e. The number of hydrogen-bond acceptors (Lipinski definition) is 2. The quantitative estimate of drug-likeness (QED) is 0.714. The Kier molecular flexibility index (Phi) is 6.74. The molecular formula is C13H27NS. The molecule has 0 amide bonds. The van der Waals surface area contributed by atoms with E-state index in [0.29, 0.717) is 0 Å². The van der Waals surface area contributed by atoms with Gasteiger partial charge in [-0.25, -0.2) is 0 Å². The molecule has 15 heavy (non-hydrogen) atoms. The first kappa shape index (κ1) is 13.4. The third-order valence-electron chi connectivity index (χ3n) is 3.80. The van der Waals surface area contributed by atoms with Gasteiger partial charge in [-0.2, -0.15) is 11.8 Å². The molecule has 0 spiro atoms. The molecule has 0 aliphatic heterocycles. The average Bonchev–Trinajstić information content (AvgIpc) is 2.77. The largest absolute Gasteiger partial charge is 0.316 e. The zero-order valence-electron chi connectivity index (χ0n) is 10.6. The maximum Gasteiger partial charge on any atom is 0.0183 e. The molecule has 0 heterocycles. The van der Waals surface area contributed by atoms with Crippen molar-refractivity contribution in [2.24, 2.45) is 5.92 Å². The topological polar surface area (TPSA) is 12.0 Å². The molecule has 1 nitrogen and oxygen atoms in total. The summed E-state index contributed by atoms with van der Waals surface area (Å²) in [6.45, 7) is 4.64. The van der Waals surface area contributed by atoms with Crippen LogP contribution >= 0.6 is 11.8 Å². The monoisotopic (exact) mass is 229 g/mol. The fraction of sp³-hybridized carbons (Fsp3) is 1.00. The van der Waals surface area contributed by atoms with Crippen molar-refractivity contribution in [1.29, 1.82) is 0 Å². The summed E-state index contributed by atoms with van der Waals surface area (Å²) in [5, 5.41) is 4.47. The molecule has 0 aromatic heterocycles. The average molecular weight is 229 g/mol. The Morgan fingerprint density at radius 1 is 1.20 bits per heavy atom. The SMILES string of the molecule is CCC(CC)C(CSC1CCCC1)NC. The molecule has 1 aliphatic rings. The minimum absolute atomic E-state index is 0.727. The Morgan fingerprint density at radius 3 is 2.27 bits per heavy atom. The predicted molar refractivity (Wildman–Crippen MR) is 71.6 cm³/mol. The van der Waals surface area contributed by atoms with Gasteiger partial charge < -0.3 is 5.32 Å². The minimum atomic E-state index is 0.727. The van der Waals surface area contributed by atoms with Crippen molar-refractivity contribution in [3.05, 3.63) is 0 Å². The molecule has 2 heteroatoms. The van der Waals surface area contributed by atoms with Crippen LogP contribution in [-0.2, 0) is 0 Å². The zero-order chi connectivity index (χ0) is 11.1. The molecule has 0 radical (unpaired) electrons. The van der Waals surface area contributed by atoms with Crippen LogP contribution in [-0.4, -0.2) is 24.1 Å². The van der Waals surface area contributed by atoms with Crippen molar-refractivity contribution in [2.45, 2.75) is 63.7 Å². The standard InChI is InChI=1S/C13H27NS/c1-4-11(5-2)13(14-3)10-15-12-8-6-7-9-12/h11-14H,4-10H2,1-3H3. The summed E-state index contributed by atoms with van der Waals surface area (Å²) in [5.41, 5.74) is 0. The predicted octanol–water partition coefficient (Wildman–Crippen LogP) is 3.69. The fourth-order valence-corrected chi connectivity index (χ4v) is 4.19. The molecule has 0 bridgehead atoms. The number of nitrogens with one attached hydrogen (secondary N) is 1. The Balaban J connectivity index is 2.25. The van der Waals surface area contributed by atoms with E-state index in [1.807, 2.05) is 0 Å². The van der Waals surface area contributed by atoms with Crippen LogP contribution in [0, 0.1) is 5.92 Å². The third kappa shape index (κ3) is 4.36. The first-order chi connectivity index (χ1) is 7.31. The van der Waals surface area contributed by atoms with Gasteiger partial charge in [0, 0.05) is 17.0 Å². The van der Waals surface area contributed by atoms with Crippen LogP contribution in [0.5, 0.6) is 0 Å². The van der Waals surface area contributed by atoms with Crippen LogP contribution in [0.2, 0.25) is 0 Å². The molecule has 0 aromatic carbocycles. The fourth-order valence-electron chi connectivity index (χ4n) is 2.61. The molecular weight excluding hydrogens is 202 g/mol. The second kappa shape index (κ2) is 7.56. The van der Waals surface area contributed by atoms with Crippen molar-refractivity contribution >= 4 is 11.8 Å². The molecule has 1 saturated carbocycles. The highest BCUT2D eigenvalue weighted by molar-refractivity contribution is 7.99. The van der Waals surface area contributed by atoms with Gasteiger partial charge in [-0.1, -0.05) is 39.5 Å². The molecule has 1 aliphatic carbocycles. The van der Waals surface area contributed by atoms with Crippen molar-refractivity contribution in [1.82, 2.24) is 5.32 Å². The maximum atomic E-state index is 3.51. The van der Waals surface area contributed by atoms with Crippen molar-refractivity contribution in [3.63, 3.8) is 0 Å². The second-order valence-corrected chi connectivity index (χ2v) is 6.04. The van der Waals surface area contributed by atoms with E-state index in [-0.39, 0.29) is 0 Å². The van der Waals surface area contributed by atoms with Gasteiger partial charge >= 0.3 is 0 Å². The molecule has 0 saturated heterocycles. The molecule has 1 fully saturated rings. The molecule has 1 rings (SSSR count). The molecule has 0 aromatic rings. The van der Waals surface area contributed by atoms with Crippen LogP contribution in [0.1, 0.15) is 52.4 Å². The van der Waals surface area contributed by atoms with Crippen LogP contribution in [0.3, 0.4) is 0 Å². The molecule has 1 atom stereocenters. The van der Waals surface area contributed by atoms with E-state index in [1.165, 1.54) is 44.3 Å². The smallest absolute Gasteiger partial charge is 0.0183 e. The van der Waals surface area contributed by atoms with E-state index in [1.54, 1.807) is 0 Å². The van der Waals surface area contributed by atoms with Gasteiger partial charge in [0.2, 0.25) is 0 Å². The third-order valence-corrected chi connectivity index (χ3v) is 5.30. The summed E-state index contributed by atoms with van der Waals surface area (Å²) in [6, 6.07) is 0.727. The van der Waals surface area contributed by atoms with Crippen LogP contribution in [0.4, 0.5) is 0 Å². The molecule has 1 unspecified atom stereocenters. The van der Waals surface area contributed by atoms with Gasteiger partial charge in [0.15, 0.2) is 0 Å². The highest BCUT2D eigenvalue weighted by Gasteiger charge is 2.20. The summed E-state index contributed by atoms with van der Waals surface area (Å²) in [6.07, 6.45) is 8.48. The summed E-state index contributed by atoms with van der Waals surface area (Å²) in [5.74, 6) is 2.18. The lowest BCUT2D eigenvalue weighted by Gasteiger charge is -2.25. The van der Waals surface area contributed by atoms with E-state index >= 15 is 0 Å². The van der Waals surface area contributed by atoms with Crippen molar-refractivity contribution < 1.29 is 0 Å². The zero-order valence-corrected chi connectivity index (χ0v) is 11.4. The Bertz CT molecular complexity index is 151. The van der Waals surface area contributed by atoms with Crippen molar-refractivity contribution in [2.75, 3.05) is 12.8 Å². The highest BCUT2D eigenvalue weighted by atomic mass is 32.2. The van der Waals surface area contributed by atoms with Gasteiger partial charge in [-0.15, -0.1) is 0 Å². The summed E-state index contributed by atoms with van der Waals surface area (Å²) in [4.78, 5) is 0.